The molecule has 1 aromatic heterocycles. The number of fused-ring (bicyclic) bond motifs is 1. The van der Waals surface area contributed by atoms with E-state index in [0.717, 1.165) is 9.58 Å². The highest BCUT2D eigenvalue weighted by Gasteiger charge is 2.47. The molecule has 2 heterocycles. The molecule has 0 fully saturated rings. The van der Waals surface area contributed by atoms with Crippen molar-refractivity contribution in [1.82, 2.24) is 14.7 Å². The number of anilines is 1. The van der Waals surface area contributed by atoms with Crippen LogP contribution >= 0.6 is 0 Å². The van der Waals surface area contributed by atoms with Crippen molar-refractivity contribution in [3.05, 3.63) is 46.6 Å². The van der Waals surface area contributed by atoms with E-state index in [1.807, 2.05) is 0 Å². The van der Waals surface area contributed by atoms with Gasteiger partial charge in [-0.15, -0.1) is 5.10 Å². The predicted octanol–water partition coefficient (Wildman–Crippen LogP) is 2.66. The van der Waals surface area contributed by atoms with Crippen LogP contribution in [0.3, 0.4) is 0 Å². The van der Waals surface area contributed by atoms with E-state index in [1.165, 1.54) is 31.4 Å². The van der Waals surface area contributed by atoms with Gasteiger partial charge < -0.3 is 19.9 Å². The largest absolute Gasteiger partial charge is 0.465 e. The molecule has 0 atom stereocenters. The third kappa shape index (κ3) is 3.81. The number of carbonyl (C=O) groups excluding carboxylic acids is 3. The first kappa shape index (κ1) is 21.8. The SMILES string of the molecule is CCOC(=O)n1nc(NC(=O)c2ccc(C(=O)OC)cc2)c2c1C(C)(C)N(C(=O)O)C2. The summed E-state index contributed by atoms with van der Waals surface area (Å²) >= 11 is 0. The van der Waals surface area contributed by atoms with Crippen molar-refractivity contribution >= 4 is 29.9 Å². The van der Waals surface area contributed by atoms with Crippen molar-refractivity contribution in [3.8, 4) is 0 Å². The molecule has 11 nitrogen and oxygen atoms in total. The second-order valence-corrected chi connectivity index (χ2v) is 7.24. The van der Waals surface area contributed by atoms with E-state index in [4.69, 9.17) is 4.74 Å². The Balaban J connectivity index is 1.96. The number of carboxylic acid groups (broad SMARTS) is 1. The fraction of sp³-hybridized carbons (Fsp3) is 0.350. The normalized spacial score (nSPS) is 14.0. The fourth-order valence-electron chi connectivity index (χ4n) is 3.49. The predicted molar refractivity (Wildman–Crippen MR) is 107 cm³/mol. The van der Waals surface area contributed by atoms with Gasteiger partial charge in [0, 0.05) is 11.1 Å². The van der Waals surface area contributed by atoms with Gasteiger partial charge in [-0.25, -0.2) is 14.4 Å². The Hall–Kier alpha value is -3.89. The van der Waals surface area contributed by atoms with Gasteiger partial charge in [0.05, 0.1) is 37.1 Å². The summed E-state index contributed by atoms with van der Waals surface area (Å²) < 4.78 is 10.6. The van der Waals surface area contributed by atoms with Gasteiger partial charge in [-0.2, -0.15) is 4.68 Å². The van der Waals surface area contributed by atoms with E-state index in [2.05, 4.69) is 15.2 Å². The van der Waals surface area contributed by atoms with E-state index in [-0.39, 0.29) is 30.1 Å². The minimum atomic E-state index is -1.17. The summed E-state index contributed by atoms with van der Waals surface area (Å²) in [5, 5.41) is 16.4. The number of carbonyl (C=O) groups is 4. The number of methoxy groups -OCH3 is 1. The number of amides is 2. The Bertz CT molecular complexity index is 1060. The molecule has 0 aliphatic carbocycles. The molecule has 3 rings (SSSR count). The van der Waals surface area contributed by atoms with Gasteiger partial charge >= 0.3 is 18.2 Å². The molecule has 0 spiro atoms. The van der Waals surface area contributed by atoms with Crippen LogP contribution in [0.25, 0.3) is 0 Å². The maximum absolute atomic E-state index is 12.7. The molecule has 0 saturated heterocycles. The van der Waals surface area contributed by atoms with Gasteiger partial charge in [0.2, 0.25) is 0 Å². The molecule has 0 unspecified atom stereocenters. The van der Waals surface area contributed by atoms with E-state index < -0.39 is 29.6 Å². The van der Waals surface area contributed by atoms with Crippen molar-refractivity contribution in [2.45, 2.75) is 32.9 Å². The summed E-state index contributed by atoms with van der Waals surface area (Å²) in [5.74, 6) is -1.02. The Kier molecular flexibility index (Phi) is 5.69. The molecule has 2 aromatic rings. The molecule has 0 saturated carbocycles. The number of nitrogens with zero attached hydrogens (tertiary/aromatic N) is 3. The molecule has 1 aliphatic rings. The zero-order valence-electron chi connectivity index (χ0n) is 17.5. The molecule has 0 radical (unpaired) electrons. The zero-order chi connectivity index (χ0) is 22.9. The van der Waals surface area contributed by atoms with Gasteiger partial charge in [0.25, 0.3) is 5.91 Å². The molecule has 31 heavy (non-hydrogen) atoms. The Morgan fingerprint density at radius 1 is 1.16 bits per heavy atom. The van der Waals surface area contributed by atoms with Crippen molar-refractivity contribution in [2.24, 2.45) is 0 Å². The summed E-state index contributed by atoms with van der Waals surface area (Å²) in [7, 11) is 1.26. The van der Waals surface area contributed by atoms with E-state index in [0.29, 0.717) is 11.3 Å². The lowest BCUT2D eigenvalue weighted by molar-refractivity contribution is 0.0600. The van der Waals surface area contributed by atoms with Gasteiger partial charge in [-0.05, 0) is 45.0 Å². The van der Waals surface area contributed by atoms with Gasteiger partial charge in [0.1, 0.15) is 0 Å². The van der Waals surface area contributed by atoms with Crippen molar-refractivity contribution in [2.75, 3.05) is 19.0 Å². The van der Waals surface area contributed by atoms with Crippen LogP contribution in [0.5, 0.6) is 0 Å². The number of hydrogen-bond acceptors (Lipinski definition) is 7. The third-order valence-corrected chi connectivity index (χ3v) is 5.03. The maximum atomic E-state index is 12.7. The van der Waals surface area contributed by atoms with Crippen LogP contribution in [0, 0.1) is 0 Å². The molecule has 2 N–H and O–H groups in total. The average Bonchev–Trinajstić information content (AvgIpc) is 3.23. The Morgan fingerprint density at radius 3 is 2.32 bits per heavy atom. The molecule has 11 heteroatoms. The number of aromatic nitrogens is 2. The highest BCUT2D eigenvalue weighted by atomic mass is 16.6. The summed E-state index contributed by atoms with van der Waals surface area (Å²) in [5.41, 5.74) is 0.168. The fourth-order valence-corrected chi connectivity index (χ4v) is 3.49. The number of esters is 1. The first-order valence-corrected chi connectivity index (χ1v) is 9.41. The Morgan fingerprint density at radius 2 is 1.77 bits per heavy atom. The van der Waals surface area contributed by atoms with Gasteiger partial charge in [-0.3, -0.25) is 9.69 Å². The third-order valence-electron chi connectivity index (χ3n) is 5.03. The molecule has 164 valence electrons. The molecule has 0 bridgehead atoms. The standard InChI is InChI=1S/C20H22N4O7/c1-5-31-19(29)24-14-13(10-23(18(27)28)20(14,2)3)15(22-24)21-16(25)11-6-8-12(9-7-11)17(26)30-4/h6-9H,5,10H2,1-4H3,(H,27,28)(H,21,22,25). The van der Waals surface area contributed by atoms with E-state index in [9.17, 15) is 24.3 Å². The van der Waals surface area contributed by atoms with E-state index >= 15 is 0 Å². The highest BCUT2D eigenvalue weighted by molar-refractivity contribution is 6.05. The minimum absolute atomic E-state index is 0.0573. The van der Waals surface area contributed by atoms with Crippen molar-refractivity contribution in [1.29, 1.82) is 0 Å². The first-order chi connectivity index (χ1) is 14.6. The monoisotopic (exact) mass is 430 g/mol. The summed E-state index contributed by atoms with van der Waals surface area (Å²) in [4.78, 5) is 49.6. The molecule has 1 aliphatic heterocycles. The topological polar surface area (TPSA) is 140 Å². The summed E-state index contributed by atoms with van der Waals surface area (Å²) in [6.07, 6.45) is -1.95. The number of nitrogens with one attached hydrogen (secondary N) is 1. The zero-order valence-corrected chi connectivity index (χ0v) is 17.5. The lowest BCUT2D eigenvalue weighted by Gasteiger charge is -2.30. The van der Waals surface area contributed by atoms with Crippen molar-refractivity contribution < 1.29 is 33.8 Å². The number of ether oxygens (including phenoxy) is 2. The number of hydrogen-bond donors (Lipinski definition) is 2. The van der Waals surface area contributed by atoms with Gasteiger partial charge in [0.15, 0.2) is 5.82 Å². The van der Waals surface area contributed by atoms with Crippen LogP contribution in [0.4, 0.5) is 15.4 Å². The Labute approximate surface area is 177 Å². The quantitative estimate of drug-likeness (QED) is 0.706. The maximum Gasteiger partial charge on any atom is 0.435 e. The lowest BCUT2D eigenvalue weighted by Crippen LogP contribution is -2.41. The van der Waals surface area contributed by atoms with Crippen LogP contribution in [0.15, 0.2) is 24.3 Å². The van der Waals surface area contributed by atoms with Crippen LogP contribution in [0.2, 0.25) is 0 Å². The first-order valence-electron chi connectivity index (χ1n) is 9.41. The van der Waals surface area contributed by atoms with Crippen LogP contribution in [0.1, 0.15) is 52.7 Å². The molecule has 2 amide bonds. The second-order valence-electron chi connectivity index (χ2n) is 7.24. The van der Waals surface area contributed by atoms with Crippen molar-refractivity contribution in [3.63, 3.8) is 0 Å². The van der Waals surface area contributed by atoms with Crippen LogP contribution in [-0.4, -0.2) is 57.6 Å². The highest BCUT2D eigenvalue weighted by Crippen LogP contribution is 2.42. The van der Waals surface area contributed by atoms with Crippen LogP contribution < -0.4 is 5.32 Å². The smallest absolute Gasteiger partial charge is 0.435 e. The van der Waals surface area contributed by atoms with E-state index in [1.54, 1.807) is 20.8 Å². The molecule has 1 aromatic carbocycles. The second kappa shape index (κ2) is 8.09. The summed E-state index contributed by atoms with van der Waals surface area (Å²) in [6.45, 7) is 4.96. The lowest BCUT2D eigenvalue weighted by atomic mass is 10.0. The van der Waals surface area contributed by atoms with Crippen LogP contribution in [-0.2, 0) is 21.6 Å². The molecular formula is C20H22N4O7. The number of rotatable bonds is 4. The number of benzene rings is 1. The van der Waals surface area contributed by atoms with Gasteiger partial charge in [-0.1, -0.05) is 0 Å². The summed E-state index contributed by atoms with van der Waals surface area (Å²) in [6, 6.07) is 5.77. The minimum Gasteiger partial charge on any atom is -0.465 e. The molecular weight excluding hydrogens is 408 g/mol. The average molecular weight is 430 g/mol.